The van der Waals surface area contributed by atoms with Crippen LogP contribution < -0.4 is 15.2 Å². The molecule has 0 bridgehead atoms. The number of anilines is 1. The number of benzene rings is 1. The number of nitrogens with one attached hydrogen (secondary N) is 2. The van der Waals surface area contributed by atoms with Crippen molar-refractivity contribution in [3.63, 3.8) is 0 Å². The largest absolute Gasteiger partial charge is 0.396 e. The molecule has 0 aliphatic rings. The van der Waals surface area contributed by atoms with Gasteiger partial charge in [0.15, 0.2) is 0 Å². The van der Waals surface area contributed by atoms with Crippen LogP contribution in [0, 0.1) is 0 Å². The summed E-state index contributed by atoms with van der Waals surface area (Å²) >= 11 is 11.6. The molecule has 1 aromatic rings. The van der Waals surface area contributed by atoms with Gasteiger partial charge in [-0.25, -0.2) is 26.3 Å². The van der Waals surface area contributed by atoms with Gasteiger partial charge in [-0.05, 0) is 12.1 Å². The number of hydrogen-bond acceptors (Lipinski definition) is 5. The van der Waals surface area contributed by atoms with Gasteiger partial charge in [0.25, 0.3) is 0 Å². The zero-order valence-corrected chi connectivity index (χ0v) is 14.2. The van der Waals surface area contributed by atoms with E-state index in [1.165, 1.54) is 12.1 Å². The SMILES string of the molecule is CCNS(=O)(=O)CCNS(=O)(=O)c1ccc(Cl)c(N)c1Cl. The number of nitrogen functional groups attached to an aromatic ring is 1. The molecule has 0 aliphatic heterocycles. The Kier molecular flexibility index (Phi) is 6.26. The summed E-state index contributed by atoms with van der Waals surface area (Å²) in [6, 6.07) is 2.49. The maximum Gasteiger partial charge on any atom is 0.242 e. The van der Waals surface area contributed by atoms with Gasteiger partial charge in [0, 0.05) is 13.1 Å². The van der Waals surface area contributed by atoms with Crippen molar-refractivity contribution in [1.82, 2.24) is 9.44 Å². The Balaban J connectivity index is 2.87. The van der Waals surface area contributed by atoms with Crippen molar-refractivity contribution < 1.29 is 16.8 Å². The lowest BCUT2D eigenvalue weighted by atomic mass is 10.3. The van der Waals surface area contributed by atoms with Crippen molar-refractivity contribution >= 4 is 48.9 Å². The minimum atomic E-state index is -3.98. The van der Waals surface area contributed by atoms with E-state index in [4.69, 9.17) is 28.9 Å². The predicted octanol–water partition coefficient (Wildman–Crippen LogP) is 0.793. The fourth-order valence-electron chi connectivity index (χ4n) is 1.44. The standard InChI is InChI=1S/C10H15Cl2N3O4S2/c1-2-14-20(16,17)6-5-15-21(18,19)8-4-3-7(11)10(13)9(8)12/h3-4,14-15H,2,5-6,13H2,1H3. The number of rotatable bonds is 7. The minimum absolute atomic E-state index is 0.0542. The van der Waals surface area contributed by atoms with E-state index in [0.717, 1.165) is 0 Å². The van der Waals surface area contributed by atoms with Crippen LogP contribution in [0.5, 0.6) is 0 Å². The third-order valence-corrected chi connectivity index (χ3v) is 6.23. The van der Waals surface area contributed by atoms with Gasteiger partial charge in [0.1, 0.15) is 4.90 Å². The number of halogens is 2. The highest BCUT2D eigenvalue weighted by atomic mass is 35.5. The second kappa shape index (κ2) is 7.12. The van der Waals surface area contributed by atoms with Crippen LogP contribution >= 0.6 is 23.2 Å². The van der Waals surface area contributed by atoms with Gasteiger partial charge >= 0.3 is 0 Å². The molecular formula is C10H15Cl2N3O4S2. The van der Waals surface area contributed by atoms with Crippen LogP contribution in [0.3, 0.4) is 0 Å². The van der Waals surface area contributed by atoms with Gasteiger partial charge in [-0.3, -0.25) is 0 Å². The summed E-state index contributed by atoms with van der Waals surface area (Å²) in [5, 5.41) is -0.0711. The first-order chi connectivity index (χ1) is 9.60. The molecule has 0 radical (unpaired) electrons. The van der Waals surface area contributed by atoms with Crippen LogP contribution in [-0.4, -0.2) is 35.7 Å². The molecule has 0 saturated heterocycles. The van der Waals surface area contributed by atoms with Crippen LogP contribution in [0.4, 0.5) is 5.69 Å². The lowest BCUT2D eigenvalue weighted by molar-refractivity contribution is 0.576. The molecular weight excluding hydrogens is 361 g/mol. The Hall–Kier alpha value is -0.580. The van der Waals surface area contributed by atoms with E-state index in [1.54, 1.807) is 6.92 Å². The van der Waals surface area contributed by atoms with Gasteiger partial charge < -0.3 is 5.73 Å². The molecule has 0 saturated carbocycles. The first kappa shape index (κ1) is 18.5. The van der Waals surface area contributed by atoms with Gasteiger partial charge in [0.2, 0.25) is 20.0 Å². The number of sulfonamides is 2. The Labute approximate surface area is 133 Å². The van der Waals surface area contributed by atoms with Gasteiger partial charge in [0.05, 0.1) is 21.5 Å². The summed E-state index contributed by atoms with van der Waals surface area (Å²) < 4.78 is 51.3. The van der Waals surface area contributed by atoms with Crippen molar-refractivity contribution in [2.75, 3.05) is 24.6 Å². The molecule has 7 nitrogen and oxygen atoms in total. The van der Waals surface area contributed by atoms with Gasteiger partial charge in [-0.1, -0.05) is 30.1 Å². The molecule has 0 unspecified atom stereocenters. The molecule has 0 amide bonds. The summed E-state index contributed by atoms with van der Waals surface area (Å²) in [5.41, 5.74) is 5.50. The molecule has 21 heavy (non-hydrogen) atoms. The fourth-order valence-corrected chi connectivity index (χ4v) is 4.32. The van der Waals surface area contributed by atoms with Crippen LogP contribution in [-0.2, 0) is 20.0 Å². The van der Waals surface area contributed by atoms with Gasteiger partial charge in [-0.15, -0.1) is 0 Å². The predicted molar refractivity (Wildman–Crippen MR) is 83.5 cm³/mol. The summed E-state index contributed by atoms with van der Waals surface area (Å²) in [5.74, 6) is -0.388. The molecule has 1 aromatic carbocycles. The third kappa shape index (κ3) is 4.97. The van der Waals surface area contributed by atoms with Crippen molar-refractivity contribution in [2.45, 2.75) is 11.8 Å². The van der Waals surface area contributed by atoms with Crippen molar-refractivity contribution in [3.05, 3.63) is 22.2 Å². The summed E-state index contributed by atoms with van der Waals surface area (Å²) in [4.78, 5) is -0.257. The van der Waals surface area contributed by atoms with E-state index >= 15 is 0 Å². The number of nitrogens with two attached hydrogens (primary N) is 1. The Morgan fingerprint density at radius 2 is 1.76 bits per heavy atom. The first-order valence-electron chi connectivity index (χ1n) is 5.81. The highest BCUT2D eigenvalue weighted by Crippen LogP contribution is 2.32. The summed E-state index contributed by atoms with van der Waals surface area (Å²) in [7, 11) is -7.50. The molecule has 11 heteroatoms. The molecule has 0 aromatic heterocycles. The van der Waals surface area contributed by atoms with E-state index in [0.29, 0.717) is 0 Å². The topological polar surface area (TPSA) is 118 Å². The summed E-state index contributed by atoms with van der Waals surface area (Å²) in [6.45, 7) is 1.56. The molecule has 120 valence electrons. The number of hydrogen-bond donors (Lipinski definition) is 3. The van der Waals surface area contributed by atoms with Crippen LogP contribution in [0.2, 0.25) is 10.0 Å². The summed E-state index contributed by atoms with van der Waals surface area (Å²) in [6.07, 6.45) is 0. The van der Waals surface area contributed by atoms with Gasteiger partial charge in [-0.2, -0.15) is 0 Å². The second-order valence-electron chi connectivity index (χ2n) is 3.99. The average Bonchev–Trinajstić information content (AvgIpc) is 2.35. The average molecular weight is 376 g/mol. The lowest BCUT2D eigenvalue weighted by Gasteiger charge is -2.11. The van der Waals surface area contributed by atoms with E-state index in [2.05, 4.69) is 9.44 Å². The molecule has 0 atom stereocenters. The Morgan fingerprint density at radius 1 is 1.14 bits per heavy atom. The van der Waals surface area contributed by atoms with E-state index in [1.807, 2.05) is 0 Å². The minimum Gasteiger partial charge on any atom is -0.396 e. The lowest BCUT2D eigenvalue weighted by Crippen LogP contribution is -2.34. The van der Waals surface area contributed by atoms with Crippen molar-refractivity contribution in [1.29, 1.82) is 0 Å². The molecule has 4 N–H and O–H groups in total. The smallest absolute Gasteiger partial charge is 0.242 e. The van der Waals surface area contributed by atoms with Crippen LogP contribution in [0.1, 0.15) is 6.92 Å². The van der Waals surface area contributed by atoms with Crippen LogP contribution in [0.15, 0.2) is 17.0 Å². The van der Waals surface area contributed by atoms with E-state index in [9.17, 15) is 16.8 Å². The van der Waals surface area contributed by atoms with E-state index in [-0.39, 0.29) is 39.5 Å². The molecule has 0 spiro atoms. The first-order valence-corrected chi connectivity index (χ1v) is 9.70. The van der Waals surface area contributed by atoms with Crippen LogP contribution in [0.25, 0.3) is 0 Å². The third-order valence-electron chi connectivity index (χ3n) is 2.41. The zero-order chi connectivity index (χ0) is 16.3. The van der Waals surface area contributed by atoms with Crippen molar-refractivity contribution in [3.8, 4) is 0 Å². The fraction of sp³-hybridized carbons (Fsp3) is 0.400. The molecule has 0 heterocycles. The molecule has 0 aliphatic carbocycles. The normalized spacial score (nSPS) is 12.5. The zero-order valence-electron chi connectivity index (χ0n) is 11.1. The second-order valence-corrected chi connectivity index (χ2v) is 8.43. The highest BCUT2D eigenvalue weighted by molar-refractivity contribution is 7.90. The Morgan fingerprint density at radius 3 is 2.33 bits per heavy atom. The Bertz CT molecular complexity index is 720. The maximum atomic E-state index is 12.1. The maximum absolute atomic E-state index is 12.1. The highest BCUT2D eigenvalue weighted by Gasteiger charge is 2.21. The molecule has 1 rings (SSSR count). The van der Waals surface area contributed by atoms with Crippen molar-refractivity contribution in [2.24, 2.45) is 0 Å². The monoisotopic (exact) mass is 375 g/mol. The quantitative estimate of drug-likeness (QED) is 0.608. The molecule has 0 fully saturated rings. The van der Waals surface area contributed by atoms with E-state index < -0.39 is 20.0 Å².